The molecule has 1 radical (unpaired) electrons. The molecule has 83 valence electrons. The Labute approximate surface area is 93.2 Å². The number of hydrogen-bond donors (Lipinski definition) is 0. The van der Waals surface area contributed by atoms with Crippen molar-refractivity contribution >= 4 is 0 Å². The van der Waals surface area contributed by atoms with E-state index < -0.39 is 0 Å². The van der Waals surface area contributed by atoms with Crippen molar-refractivity contribution in [1.29, 1.82) is 0 Å². The molecule has 0 saturated heterocycles. The molecule has 2 heteroatoms. The van der Waals surface area contributed by atoms with Crippen LogP contribution >= 0.6 is 0 Å². The van der Waals surface area contributed by atoms with E-state index in [0.717, 1.165) is 24.2 Å². The van der Waals surface area contributed by atoms with Gasteiger partial charge in [-0.3, -0.25) is 0 Å². The molecule has 1 aromatic rings. The van der Waals surface area contributed by atoms with Crippen LogP contribution in [0.2, 0.25) is 0 Å². The lowest BCUT2D eigenvalue weighted by atomic mass is 10.1. The first-order valence-electron chi connectivity index (χ1n) is 5.95. The van der Waals surface area contributed by atoms with E-state index in [9.17, 15) is 0 Å². The highest BCUT2D eigenvalue weighted by atomic mass is 14.9. The summed E-state index contributed by atoms with van der Waals surface area (Å²) in [6.07, 6.45) is 6.93. The number of hydrogen-bond acceptors (Lipinski definition) is 2. The van der Waals surface area contributed by atoms with Crippen LogP contribution in [0.5, 0.6) is 0 Å². The highest BCUT2D eigenvalue weighted by molar-refractivity contribution is 5.13. The van der Waals surface area contributed by atoms with Gasteiger partial charge in [-0.15, -0.1) is 0 Å². The second-order valence-electron chi connectivity index (χ2n) is 3.97. The van der Waals surface area contributed by atoms with Crippen molar-refractivity contribution < 1.29 is 0 Å². The van der Waals surface area contributed by atoms with Crippen molar-refractivity contribution in [1.82, 2.24) is 9.97 Å². The van der Waals surface area contributed by atoms with E-state index >= 15 is 0 Å². The number of aromatic nitrogens is 2. The van der Waals surface area contributed by atoms with Crippen LogP contribution < -0.4 is 0 Å². The van der Waals surface area contributed by atoms with E-state index in [1.807, 2.05) is 0 Å². The van der Waals surface area contributed by atoms with Gasteiger partial charge in [-0.25, -0.2) is 9.97 Å². The molecule has 2 nitrogen and oxygen atoms in total. The van der Waals surface area contributed by atoms with Gasteiger partial charge in [0.15, 0.2) is 0 Å². The quantitative estimate of drug-likeness (QED) is 0.711. The minimum Gasteiger partial charge on any atom is -0.238 e. The highest BCUT2D eigenvalue weighted by Crippen LogP contribution is 2.08. The molecular formula is C13H21N2. The lowest BCUT2D eigenvalue weighted by Gasteiger charge is -2.05. The van der Waals surface area contributed by atoms with Crippen molar-refractivity contribution in [3.8, 4) is 0 Å². The smallest absolute Gasteiger partial charge is 0.129 e. The largest absolute Gasteiger partial charge is 0.238 e. The summed E-state index contributed by atoms with van der Waals surface area (Å²) in [5, 5.41) is 0. The summed E-state index contributed by atoms with van der Waals surface area (Å²) in [4.78, 5) is 8.71. The summed E-state index contributed by atoms with van der Waals surface area (Å²) in [5.41, 5.74) is 2.31. The Morgan fingerprint density at radius 1 is 1.00 bits per heavy atom. The Kier molecular flexibility index (Phi) is 5.30. The maximum absolute atomic E-state index is 4.36. The van der Waals surface area contributed by atoms with E-state index in [4.69, 9.17) is 0 Å². The maximum atomic E-state index is 4.36. The van der Waals surface area contributed by atoms with Crippen LogP contribution in [0, 0.1) is 6.92 Å². The Balaban J connectivity index is 2.66. The molecule has 0 N–H and O–H groups in total. The molecule has 1 rings (SSSR count). The molecule has 0 amide bonds. The topological polar surface area (TPSA) is 25.8 Å². The first-order valence-corrected chi connectivity index (χ1v) is 5.95. The maximum Gasteiger partial charge on any atom is 0.129 e. The van der Waals surface area contributed by atoms with Crippen LogP contribution in [-0.4, -0.2) is 9.97 Å². The summed E-state index contributed by atoms with van der Waals surface area (Å²) in [6, 6.07) is 2.14. The average Bonchev–Trinajstić information content (AvgIpc) is 2.23. The van der Waals surface area contributed by atoms with Crippen LogP contribution in [-0.2, 0) is 12.8 Å². The highest BCUT2D eigenvalue weighted by Gasteiger charge is 2.01. The van der Waals surface area contributed by atoms with Crippen LogP contribution in [0.1, 0.15) is 56.7 Å². The fraction of sp³-hybridized carbons (Fsp3) is 0.615. The second-order valence-corrected chi connectivity index (χ2v) is 3.97. The van der Waals surface area contributed by atoms with Crippen molar-refractivity contribution in [2.75, 3.05) is 0 Å². The monoisotopic (exact) mass is 205 g/mol. The van der Waals surface area contributed by atoms with Gasteiger partial charge in [0.1, 0.15) is 5.82 Å². The molecule has 0 spiro atoms. The van der Waals surface area contributed by atoms with Gasteiger partial charge in [0.2, 0.25) is 0 Å². The predicted molar refractivity (Wildman–Crippen MR) is 63.7 cm³/mol. The molecule has 0 aliphatic rings. The van der Waals surface area contributed by atoms with Gasteiger partial charge in [0.25, 0.3) is 0 Å². The Morgan fingerprint density at radius 3 is 1.87 bits per heavy atom. The number of nitrogens with zero attached hydrogens (tertiary/aromatic N) is 2. The van der Waals surface area contributed by atoms with E-state index in [-0.39, 0.29) is 0 Å². The van der Waals surface area contributed by atoms with Gasteiger partial charge in [-0.05, 0) is 31.7 Å². The normalized spacial score (nSPS) is 10.6. The fourth-order valence-corrected chi connectivity index (χ4v) is 1.59. The molecule has 15 heavy (non-hydrogen) atoms. The molecule has 0 atom stereocenters. The Morgan fingerprint density at radius 2 is 1.47 bits per heavy atom. The SMILES string of the molecule is [CH2]c1nc(CCCC)cc(CCCC)n1. The molecule has 0 bridgehead atoms. The van der Waals surface area contributed by atoms with E-state index in [2.05, 4.69) is 36.8 Å². The molecule has 0 aromatic carbocycles. The summed E-state index contributed by atoms with van der Waals surface area (Å²) in [7, 11) is 0. The van der Waals surface area contributed by atoms with E-state index in [1.165, 1.54) is 25.7 Å². The average molecular weight is 205 g/mol. The number of aryl methyl sites for hydroxylation is 2. The lowest BCUT2D eigenvalue weighted by Crippen LogP contribution is -2.00. The van der Waals surface area contributed by atoms with Crippen LogP contribution in [0.4, 0.5) is 0 Å². The van der Waals surface area contributed by atoms with Crippen molar-refractivity contribution in [2.45, 2.75) is 52.4 Å². The van der Waals surface area contributed by atoms with E-state index in [1.54, 1.807) is 0 Å². The van der Waals surface area contributed by atoms with Gasteiger partial charge < -0.3 is 0 Å². The molecule has 0 fully saturated rings. The fourth-order valence-electron chi connectivity index (χ4n) is 1.59. The molecular weight excluding hydrogens is 184 g/mol. The minimum atomic E-state index is 0.676. The Bertz CT molecular complexity index is 268. The molecule has 0 saturated carbocycles. The van der Waals surface area contributed by atoms with Crippen LogP contribution in [0.15, 0.2) is 6.07 Å². The molecule has 1 aromatic heterocycles. The molecule has 0 aliphatic heterocycles. The first kappa shape index (κ1) is 12.2. The minimum absolute atomic E-state index is 0.676. The van der Waals surface area contributed by atoms with Crippen molar-refractivity contribution in [2.24, 2.45) is 0 Å². The molecule has 1 heterocycles. The molecule has 0 unspecified atom stereocenters. The lowest BCUT2D eigenvalue weighted by molar-refractivity contribution is 0.743. The summed E-state index contributed by atoms with van der Waals surface area (Å²) < 4.78 is 0. The second kappa shape index (κ2) is 6.54. The zero-order chi connectivity index (χ0) is 11.1. The standard InChI is InChI=1S/C13H21N2/c1-4-6-8-12-10-13(9-7-5-2)15-11(3)14-12/h10H,3-9H2,1-2H3. The third-order valence-corrected chi connectivity index (χ3v) is 2.45. The number of unbranched alkanes of at least 4 members (excludes halogenated alkanes) is 2. The van der Waals surface area contributed by atoms with E-state index in [0.29, 0.717) is 5.82 Å². The van der Waals surface area contributed by atoms with Crippen molar-refractivity contribution in [3.63, 3.8) is 0 Å². The van der Waals surface area contributed by atoms with Gasteiger partial charge in [0.05, 0.1) is 0 Å². The Hall–Kier alpha value is -0.920. The third kappa shape index (κ3) is 4.41. The van der Waals surface area contributed by atoms with Crippen LogP contribution in [0.3, 0.4) is 0 Å². The summed E-state index contributed by atoms with van der Waals surface area (Å²) in [5.74, 6) is 0.676. The van der Waals surface area contributed by atoms with Crippen LogP contribution in [0.25, 0.3) is 0 Å². The van der Waals surface area contributed by atoms with Crippen molar-refractivity contribution in [3.05, 3.63) is 30.2 Å². The summed E-state index contributed by atoms with van der Waals surface area (Å²) >= 11 is 0. The zero-order valence-corrected chi connectivity index (χ0v) is 9.92. The number of rotatable bonds is 6. The summed E-state index contributed by atoms with van der Waals surface area (Å²) in [6.45, 7) is 8.23. The predicted octanol–water partition coefficient (Wildman–Crippen LogP) is 3.34. The van der Waals surface area contributed by atoms with Gasteiger partial charge >= 0.3 is 0 Å². The third-order valence-electron chi connectivity index (χ3n) is 2.45. The molecule has 0 aliphatic carbocycles. The van der Waals surface area contributed by atoms with Gasteiger partial charge in [0, 0.05) is 18.3 Å². The van der Waals surface area contributed by atoms with Gasteiger partial charge in [-0.1, -0.05) is 26.7 Å². The first-order chi connectivity index (χ1) is 7.26. The zero-order valence-electron chi connectivity index (χ0n) is 9.92. The van der Waals surface area contributed by atoms with Gasteiger partial charge in [-0.2, -0.15) is 0 Å².